The van der Waals surface area contributed by atoms with Gasteiger partial charge in [0.1, 0.15) is 5.82 Å². The zero-order valence-corrected chi connectivity index (χ0v) is 15.3. The lowest BCUT2D eigenvalue weighted by Crippen LogP contribution is -2.13. The van der Waals surface area contributed by atoms with Crippen molar-refractivity contribution < 1.29 is 18.7 Å². The molecule has 28 heavy (non-hydrogen) atoms. The zero-order valence-electron chi connectivity index (χ0n) is 15.3. The highest BCUT2D eigenvalue weighted by Crippen LogP contribution is 2.45. The molecule has 0 aliphatic heterocycles. The van der Waals surface area contributed by atoms with Gasteiger partial charge in [0.15, 0.2) is 0 Å². The number of ether oxygens (including phenoxy) is 1. The summed E-state index contributed by atoms with van der Waals surface area (Å²) < 4.78 is 19.6. The minimum absolute atomic E-state index is 0.291. The lowest BCUT2D eigenvalue weighted by Gasteiger charge is -2.13. The van der Waals surface area contributed by atoms with Crippen molar-refractivity contribution in [3.8, 4) is 22.3 Å². The van der Waals surface area contributed by atoms with Gasteiger partial charge in [-0.3, -0.25) is 4.79 Å². The molecular formula is C23H18FNO3. The van der Waals surface area contributed by atoms with Crippen molar-refractivity contribution >= 4 is 11.9 Å². The maximum absolute atomic E-state index is 14.5. The highest BCUT2D eigenvalue weighted by atomic mass is 19.1. The quantitative estimate of drug-likeness (QED) is 0.540. The molecule has 0 spiro atoms. The second-order valence-corrected chi connectivity index (χ2v) is 6.63. The lowest BCUT2D eigenvalue weighted by molar-refractivity contribution is 0.0526. The first-order valence-electron chi connectivity index (χ1n) is 9.02. The number of benzene rings is 3. The molecule has 0 saturated heterocycles. The standard InChI is InChI=1S/C23H18FNO3/c1-2-28-23(27)13-7-8-15-14(11-13)12-19-18(22(25)26)10-9-17(21(15)19)16-5-3-4-6-20(16)24/h3-11H,2,12H2,1H3,(H2,25,26). The first kappa shape index (κ1) is 17.9. The summed E-state index contributed by atoms with van der Waals surface area (Å²) in [6.07, 6.45) is 0.443. The van der Waals surface area contributed by atoms with E-state index in [-0.39, 0.29) is 5.82 Å². The molecule has 3 aromatic carbocycles. The SMILES string of the molecule is CCOC(=O)c1ccc2c(c1)Cc1c(C(N)=O)ccc(-c3ccccc3F)c1-2. The van der Waals surface area contributed by atoms with Gasteiger partial charge >= 0.3 is 5.97 Å². The highest BCUT2D eigenvalue weighted by Gasteiger charge is 2.28. The molecule has 0 bridgehead atoms. The number of amides is 1. The van der Waals surface area contributed by atoms with E-state index in [0.717, 1.165) is 22.3 Å². The highest BCUT2D eigenvalue weighted by molar-refractivity contribution is 6.02. The minimum atomic E-state index is -0.533. The van der Waals surface area contributed by atoms with E-state index >= 15 is 0 Å². The number of hydrogen-bond donors (Lipinski definition) is 1. The van der Waals surface area contributed by atoms with Gasteiger partial charge < -0.3 is 10.5 Å². The summed E-state index contributed by atoms with van der Waals surface area (Å²) >= 11 is 0. The number of nitrogens with two attached hydrogens (primary N) is 1. The molecule has 1 aliphatic rings. The summed E-state index contributed by atoms with van der Waals surface area (Å²) in [6.45, 7) is 2.04. The number of esters is 1. The summed E-state index contributed by atoms with van der Waals surface area (Å²) in [5.74, 6) is -1.27. The molecule has 1 aliphatic carbocycles. The van der Waals surface area contributed by atoms with Crippen LogP contribution in [-0.2, 0) is 11.2 Å². The fourth-order valence-electron chi connectivity index (χ4n) is 3.79. The Hall–Kier alpha value is -3.47. The van der Waals surface area contributed by atoms with Gasteiger partial charge in [-0.15, -0.1) is 0 Å². The minimum Gasteiger partial charge on any atom is -0.462 e. The molecule has 0 aromatic heterocycles. The largest absolute Gasteiger partial charge is 0.462 e. The zero-order chi connectivity index (χ0) is 19.8. The topological polar surface area (TPSA) is 69.4 Å². The van der Waals surface area contributed by atoms with Gasteiger partial charge in [-0.05, 0) is 65.4 Å². The number of halogens is 1. The van der Waals surface area contributed by atoms with E-state index in [2.05, 4.69) is 0 Å². The molecule has 0 heterocycles. The van der Waals surface area contributed by atoms with Crippen LogP contribution in [0.2, 0.25) is 0 Å². The Kier molecular flexibility index (Phi) is 4.43. The molecule has 0 fully saturated rings. The van der Waals surface area contributed by atoms with Crippen LogP contribution in [0.3, 0.4) is 0 Å². The van der Waals surface area contributed by atoms with E-state index in [1.807, 2.05) is 6.07 Å². The fraction of sp³-hybridized carbons (Fsp3) is 0.130. The van der Waals surface area contributed by atoms with Crippen LogP contribution in [0.4, 0.5) is 4.39 Å². The second-order valence-electron chi connectivity index (χ2n) is 6.63. The Morgan fingerprint density at radius 2 is 1.79 bits per heavy atom. The average Bonchev–Trinajstić information content (AvgIpc) is 3.06. The third-order valence-corrected chi connectivity index (χ3v) is 5.00. The van der Waals surface area contributed by atoms with Gasteiger partial charge in [0, 0.05) is 11.1 Å². The molecule has 3 aromatic rings. The van der Waals surface area contributed by atoms with E-state index < -0.39 is 11.9 Å². The first-order valence-corrected chi connectivity index (χ1v) is 9.02. The van der Waals surface area contributed by atoms with Gasteiger partial charge in [-0.1, -0.05) is 30.3 Å². The molecular weight excluding hydrogens is 357 g/mol. The molecule has 2 N–H and O–H groups in total. The third-order valence-electron chi connectivity index (χ3n) is 5.00. The predicted octanol–water partition coefficient (Wildman–Crippen LogP) is 4.34. The fourth-order valence-corrected chi connectivity index (χ4v) is 3.79. The van der Waals surface area contributed by atoms with Crippen molar-refractivity contribution in [2.45, 2.75) is 13.3 Å². The van der Waals surface area contributed by atoms with Crippen molar-refractivity contribution in [2.75, 3.05) is 6.61 Å². The molecule has 4 rings (SSSR count). The van der Waals surface area contributed by atoms with E-state index in [9.17, 15) is 14.0 Å². The van der Waals surface area contributed by atoms with Crippen LogP contribution in [-0.4, -0.2) is 18.5 Å². The summed E-state index contributed by atoms with van der Waals surface area (Å²) in [6, 6.07) is 15.2. The van der Waals surface area contributed by atoms with Crippen LogP contribution >= 0.6 is 0 Å². The predicted molar refractivity (Wildman–Crippen MR) is 105 cm³/mol. The monoisotopic (exact) mass is 375 g/mol. The van der Waals surface area contributed by atoms with Crippen LogP contribution < -0.4 is 5.73 Å². The Labute approximate surface area is 161 Å². The van der Waals surface area contributed by atoms with Gasteiger partial charge in [0.05, 0.1) is 12.2 Å². The Bertz CT molecular complexity index is 1120. The molecule has 4 nitrogen and oxygen atoms in total. The number of rotatable bonds is 4. The van der Waals surface area contributed by atoms with E-state index in [1.165, 1.54) is 6.07 Å². The molecule has 5 heteroatoms. The first-order chi connectivity index (χ1) is 13.5. The molecule has 0 saturated carbocycles. The van der Waals surface area contributed by atoms with Gasteiger partial charge in [0.25, 0.3) is 0 Å². The molecule has 0 unspecified atom stereocenters. The number of primary amides is 1. The number of hydrogen-bond acceptors (Lipinski definition) is 3. The van der Waals surface area contributed by atoms with E-state index in [1.54, 1.807) is 49.4 Å². The third kappa shape index (κ3) is 2.85. The summed E-state index contributed by atoms with van der Waals surface area (Å²) in [7, 11) is 0. The molecule has 0 radical (unpaired) electrons. The number of carbonyl (C=O) groups excluding carboxylic acids is 2. The Balaban J connectivity index is 1.93. The molecule has 0 atom stereocenters. The van der Waals surface area contributed by atoms with Gasteiger partial charge in [0.2, 0.25) is 5.91 Å². The summed E-state index contributed by atoms with van der Waals surface area (Å²) in [5, 5.41) is 0. The van der Waals surface area contributed by atoms with Gasteiger partial charge in [-0.2, -0.15) is 0 Å². The lowest BCUT2D eigenvalue weighted by atomic mass is 9.91. The van der Waals surface area contributed by atoms with Crippen molar-refractivity contribution in [3.05, 3.63) is 82.7 Å². The Morgan fingerprint density at radius 1 is 1.04 bits per heavy atom. The maximum Gasteiger partial charge on any atom is 0.338 e. The van der Waals surface area contributed by atoms with Crippen LogP contribution in [0.1, 0.15) is 38.8 Å². The van der Waals surface area contributed by atoms with Crippen LogP contribution in [0.15, 0.2) is 54.6 Å². The van der Waals surface area contributed by atoms with E-state index in [4.69, 9.17) is 10.5 Å². The normalized spacial score (nSPS) is 11.6. The van der Waals surface area contributed by atoms with Gasteiger partial charge in [-0.25, -0.2) is 9.18 Å². The van der Waals surface area contributed by atoms with Crippen LogP contribution in [0.25, 0.3) is 22.3 Å². The van der Waals surface area contributed by atoms with Crippen molar-refractivity contribution in [2.24, 2.45) is 5.73 Å². The van der Waals surface area contributed by atoms with Crippen molar-refractivity contribution in [1.29, 1.82) is 0 Å². The maximum atomic E-state index is 14.5. The molecule has 140 valence electrons. The number of fused-ring (bicyclic) bond motifs is 3. The average molecular weight is 375 g/mol. The number of carbonyl (C=O) groups is 2. The van der Waals surface area contributed by atoms with Crippen molar-refractivity contribution in [3.63, 3.8) is 0 Å². The van der Waals surface area contributed by atoms with Crippen LogP contribution in [0, 0.1) is 5.82 Å². The van der Waals surface area contributed by atoms with E-state index in [0.29, 0.717) is 35.3 Å². The van der Waals surface area contributed by atoms with Crippen molar-refractivity contribution in [1.82, 2.24) is 0 Å². The van der Waals surface area contributed by atoms with Crippen LogP contribution in [0.5, 0.6) is 0 Å². The smallest absolute Gasteiger partial charge is 0.338 e. The summed E-state index contributed by atoms with van der Waals surface area (Å²) in [4.78, 5) is 24.0. The Morgan fingerprint density at radius 3 is 2.50 bits per heavy atom. The molecule has 1 amide bonds. The summed E-state index contributed by atoms with van der Waals surface area (Å²) in [5.41, 5.74) is 10.9. The second kappa shape index (κ2) is 6.93.